The Balaban J connectivity index is 1.63. The largest absolute Gasteiger partial charge is 0.481 e. The first-order valence-corrected chi connectivity index (χ1v) is 8.00. The number of amides is 1. The van der Waals surface area contributed by atoms with Crippen molar-refractivity contribution in [2.45, 2.75) is 25.7 Å². The summed E-state index contributed by atoms with van der Waals surface area (Å²) in [5.41, 5.74) is 0.810. The van der Waals surface area contributed by atoms with E-state index in [2.05, 4.69) is 10.3 Å². The van der Waals surface area contributed by atoms with Crippen molar-refractivity contribution in [3.8, 4) is 10.6 Å². The van der Waals surface area contributed by atoms with E-state index in [9.17, 15) is 14.7 Å². The highest BCUT2D eigenvalue weighted by Crippen LogP contribution is 2.44. The number of carboxylic acids is 1. The lowest BCUT2D eigenvalue weighted by Gasteiger charge is -2.36. The van der Waals surface area contributed by atoms with Crippen LogP contribution in [0.4, 0.5) is 5.69 Å². The van der Waals surface area contributed by atoms with E-state index in [-0.39, 0.29) is 12.3 Å². The van der Waals surface area contributed by atoms with Gasteiger partial charge in [0.2, 0.25) is 5.91 Å². The molecule has 1 aliphatic carbocycles. The lowest BCUT2D eigenvalue weighted by atomic mass is 9.66. The average molecular weight is 316 g/mol. The third-order valence-electron chi connectivity index (χ3n) is 4.11. The second-order valence-corrected chi connectivity index (χ2v) is 6.47. The fraction of sp³-hybridized carbons (Fsp3) is 0.312. The Bertz CT molecular complexity index is 676. The Morgan fingerprint density at radius 2 is 2.00 bits per heavy atom. The molecule has 2 N–H and O–H groups in total. The van der Waals surface area contributed by atoms with Gasteiger partial charge in [0.05, 0.1) is 5.41 Å². The van der Waals surface area contributed by atoms with Gasteiger partial charge in [-0.2, -0.15) is 0 Å². The Morgan fingerprint density at radius 1 is 1.27 bits per heavy atom. The summed E-state index contributed by atoms with van der Waals surface area (Å²) in [6.07, 6.45) is 3.83. The molecular weight excluding hydrogens is 300 g/mol. The Labute approximate surface area is 132 Å². The van der Waals surface area contributed by atoms with E-state index in [0.29, 0.717) is 18.5 Å². The van der Waals surface area contributed by atoms with Gasteiger partial charge in [0.25, 0.3) is 0 Å². The van der Waals surface area contributed by atoms with Gasteiger partial charge in [-0.25, -0.2) is 4.98 Å². The first-order chi connectivity index (χ1) is 10.6. The SMILES string of the molecule is O=C(CC1(C(=O)O)CCC1)Nc1ccc(-c2nccs2)cc1. The van der Waals surface area contributed by atoms with E-state index >= 15 is 0 Å². The number of carbonyl (C=O) groups is 2. The van der Waals surface area contributed by atoms with E-state index in [0.717, 1.165) is 17.0 Å². The predicted octanol–water partition coefficient (Wildman–Crippen LogP) is 3.39. The van der Waals surface area contributed by atoms with Gasteiger partial charge in [-0.15, -0.1) is 11.3 Å². The fourth-order valence-electron chi connectivity index (χ4n) is 2.64. The standard InChI is InChI=1S/C16H16N2O3S/c19-13(10-16(15(20)21)6-1-7-16)18-12-4-2-11(3-5-12)14-17-8-9-22-14/h2-5,8-9H,1,6-7,10H2,(H,18,19)(H,20,21). The van der Waals surface area contributed by atoms with E-state index in [4.69, 9.17) is 0 Å². The third kappa shape index (κ3) is 2.87. The molecular formula is C16H16N2O3S. The Kier molecular flexibility index (Phi) is 3.94. The van der Waals surface area contributed by atoms with Crippen molar-refractivity contribution in [1.29, 1.82) is 0 Å². The smallest absolute Gasteiger partial charge is 0.310 e. The first-order valence-electron chi connectivity index (χ1n) is 7.12. The van der Waals surface area contributed by atoms with Gasteiger partial charge < -0.3 is 10.4 Å². The molecule has 5 nitrogen and oxygen atoms in total. The van der Waals surface area contributed by atoms with Gasteiger partial charge in [-0.1, -0.05) is 6.42 Å². The molecule has 0 spiro atoms. The van der Waals surface area contributed by atoms with Crippen LogP contribution in [-0.4, -0.2) is 22.0 Å². The number of hydrogen-bond donors (Lipinski definition) is 2. The van der Waals surface area contributed by atoms with Crippen LogP contribution in [0, 0.1) is 5.41 Å². The lowest BCUT2D eigenvalue weighted by Crippen LogP contribution is -2.41. The fourth-order valence-corrected chi connectivity index (χ4v) is 3.29. The molecule has 6 heteroatoms. The third-order valence-corrected chi connectivity index (χ3v) is 4.93. The molecule has 0 aliphatic heterocycles. The van der Waals surface area contributed by atoms with Crippen LogP contribution < -0.4 is 5.32 Å². The first kappa shape index (κ1) is 14.7. The number of aliphatic carboxylic acids is 1. The van der Waals surface area contributed by atoms with Crippen LogP contribution in [0.5, 0.6) is 0 Å². The number of thiazole rings is 1. The molecule has 0 unspecified atom stereocenters. The van der Waals surface area contributed by atoms with E-state index < -0.39 is 11.4 Å². The zero-order chi connectivity index (χ0) is 15.6. The zero-order valence-electron chi connectivity index (χ0n) is 11.9. The topological polar surface area (TPSA) is 79.3 Å². The second kappa shape index (κ2) is 5.88. The monoisotopic (exact) mass is 316 g/mol. The molecule has 114 valence electrons. The van der Waals surface area contributed by atoms with Gasteiger partial charge in [0.1, 0.15) is 5.01 Å². The maximum Gasteiger partial charge on any atom is 0.310 e. The van der Waals surface area contributed by atoms with Gasteiger partial charge in [0.15, 0.2) is 0 Å². The van der Waals surface area contributed by atoms with E-state index in [1.54, 1.807) is 17.5 Å². The van der Waals surface area contributed by atoms with Crippen LogP contribution in [0.3, 0.4) is 0 Å². The molecule has 1 aliphatic rings. The van der Waals surface area contributed by atoms with Crippen LogP contribution in [-0.2, 0) is 9.59 Å². The maximum atomic E-state index is 12.1. The highest BCUT2D eigenvalue weighted by atomic mass is 32.1. The van der Waals surface area contributed by atoms with Crippen LogP contribution in [0.15, 0.2) is 35.8 Å². The van der Waals surface area contributed by atoms with E-state index in [1.165, 1.54) is 0 Å². The van der Waals surface area contributed by atoms with E-state index in [1.807, 2.05) is 29.6 Å². The highest BCUT2D eigenvalue weighted by molar-refractivity contribution is 7.13. The lowest BCUT2D eigenvalue weighted by molar-refractivity contribution is -0.157. The second-order valence-electron chi connectivity index (χ2n) is 5.58. The molecule has 3 rings (SSSR count). The number of rotatable bonds is 5. The summed E-state index contributed by atoms with van der Waals surface area (Å²) in [4.78, 5) is 27.6. The predicted molar refractivity (Wildman–Crippen MR) is 84.7 cm³/mol. The molecule has 1 amide bonds. The summed E-state index contributed by atoms with van der Waals surface area (Å²) in [7, 11) is 0. The molecule has 22 heavy (non-hydrogen) atoms. The quantitative estimate of drug-likeness (QED) is 0.886. The van der Waals surface area contributed by atoms with Crippen molar-refractivity contribution >= 4 is 28.9 Å². The minimum atomic E-state index is -0.868. The summed E-state index contributed by atoms with van der Waals surface area (Å²) in [6, 6.07) is 7.40. The molecule has 1 heterocycles. The Morgan fingerprint density at radius 3 is 2.50 bits per heavy atom. The maximum absolute atomic E-state index is 12.1. The summed E-state index contributed by atoms with van der Waals surface area (Å²) >= 11 is 1.55. The molecule has 2 aromatic rings. The number of aromatic nitrogens is 1. The number of carboxylic acid groups (broad SMARTS) is 1. The van der Waals surface area contributed by atoms with Crippen molar-refractivity contribution < 1.29 is 14.7 Å². The minimum absolute atomic E-state index is 0.0383. The molecule has 0 radical (unpaired) electrons. The van der Waals surface area contributed by atoms with Crippen LogP contribution in [0.1, 0.15) is 25.7 Å². The van der Waals surface area contributed by atoms with Crippen molar-refractivity contribution in [1.82, 2.24) is 4.98 Å². The summed E-state index contributed by atoms with van der Waals surface area (Å²) in [6.45, 7) is 0. The van der Waals surface area contributed by atoms with Crippen molar-refractivity contribution in [2.75, 3.05) is 5.32 Å². The van der Waals surface area contributed by atoms with Crippen molar-refractivity contribution in [3.05, 3.63) is 35.8 Å². The molecule has 1 aromatic carbocycles. The Hall–Kier alpha value is -2.21. The van der Waals surface area contributed by atoms with Crippen molar-refractivity contribution in [2.24, 2.45) is 5.41 Å². The zero-order valence-corrected chi connectivity index (χ0v) is 12.7. The summed E-state index contributed by atoms with van der Waals surface area (Å²) in [5, 5.41) is 14.9. The molecule has 1 aromatic heterocycles. The minimum Gasteiger partial charge on any atom is -0.481 e. The number of anilines is 1. The number of hydrogen-bond acceptors (Lipinski definition) is 4. The van der Waals surface area contributed by atoms with Gasteiger partial charge in [-0.05, 0) is 37.1 Å². The number of benzene rings is 1. The average Bonchev–Trinajstić information content (AvgIpc) is 2.97. The molecule has 0 bridgehead atoms. The molecule has 1 saturated carbocycles. The summed E-state index contributed by atoms with van der Waals surface area (Å²) in [5.74, 6) is -1.11. The van der Waals surface area contributed by atoms with Crippen LogP contribution in [0.25, 0.3) is 10.6 Å². The van der Waals surface area contributed by atoms with Crippen LogP contribution >= 0.6 is 11.3 Å². The van der Waals surface area contributed by atoms with Gasteiger partial charge in [0, 0.05) is 29.2 Å². The van der Waals surface area contributed by atoms with Crippen molar-refractivity contribution in [3.63, 3.8) is 0 Å². The highest BCUT2D eigenvalue weighted by Gasteiger charge is 2.45. The number of carbonyl (C=O) groups excluding carboxylic acids is 1. The normalized spacial score (nSPS) is 15.8. The number of nitrogens with zero attached hydrogens (tertiary/aromatic N) is 1. The van der Waals surface area contributed by atoms with Gasteiger partial charge in [-0.3, -0.25) is 9.59 Å². The van der Waals surface area contributed by atoms with Gasteiger partial charge >= 0.3 is 5.97 Å². The van der Waals surface area contributed by atoms with Crippen LogP contribution in [0.2, 0.25) is 0 Å². The molecule has 1 fully saturated rings. The number of nitrogens with one attached hydrogen (secondary N) is 1. The molecule has 0 atom stereocenters. The molecule has 0 saturated heterocycles. The summed E-state index contributed by atoms with van der Waals surface area (Å²) < 4.78 is 0.